The number of aryl methyl sites for hydroxylation is 1. The van der Waals surface area contributed by atoms with Gasteiger partial charge in [0.2, 0.25) is 11.3 Å². The highest BCUT2D eigenvalue weighted by atomic mass is 16.2. The largest absolute Gasteiger partial charge is 0.354 e. The second-order valence-corrected chi connectivity index (χ2v) is 5.39. The van der Waals surface area contributed by atoms with Gasteiger partial charge in [0.05, 0.1) is 5.39 Å². The second kappa shape index (κ2) is 5.59. The molecule has 3 heterocycles. The summed E-state index contributed by atoms with van der Waals surface area (Å²) in [6, 6.07) is 3.24. The number of aromatic amines is 1. The Kier molecular flexibility index (Phi) is 3.62. The van der Waals surface area contributed by atoms with Gasteiger partial charge in [-0.05, 0) is 25.5 Å². The molecule has 2 aromatic rings. The lowest BCUT2D eigenvalue weighted by Crippen LogP contribution is -2.48. The summed E-state index contributed by atoms with van der Waals surface area (Å²) in [6.45, 7) is 2.21. The number of rotatable bonds is 2. The van der Waals surface area contributed by atoms with Gasteiger partial charge < -0.3 is 15.6 Å². The first-order valence-electron chi connectivity index (χ1n) is 7.11. The third kappa shape index (κ3) is 2.69. The van der Waals surface area contributed by atoms with Crippen LogP contribution in [-0.4, -0.2) is 34.4 Å². The first kappa shape index (κ1) is 14.2. The summed E-state index contributed by atoms with van der Waals surface area (Å²) in [5, 5.41) is 5.85. The van der Waals surface area contributed by atoms with E-state index in [2.05, 4.69) is 20.6 Å². The number of aromatic nitrogens is 2. The van der Waals surface area contributed by atoms with Crippen LogP contribution in [0.15, 0.2) is 23.1 Å². The van der Waals surface area contributed by atoms with Crippen molar-refractivity contribution in [2.45, 2.75) is 25.8 Å². The van der Waals surface area contributed by atoms with Crippen LogP contribution in [0.5, 0.6) is 0 Å². The molecule has 7 heteroatoms. The summed E-state index contributed by atoms with van der Waals surface area (Å²) < 4.78 is 0. The van der Waals surface area contributed by atoms with Crippen molar-refractivity contribution < 1.29 is 9.59 Å². The van der Waals surface area contributed by atoms with E-state index in [0.717, 1.165) is 5.69 Å². The fourth-order valence-corrected chi connectivity index (χ4v) is 2.49. The molecule has 114 valence electrons. The Morgan fingerprint density at radius 1 is 1.36 bits per heavy atom. The van der Waals surface area contributed by atoms with E-state index >= 15 is 0 Å². The molecular weight excluding hydrogens is 284 g/mol. The number of hydrogen-bond acceptors (Lipinski definition) is 4. The molecule has 0 saturated carbocycles. The number of H-pyrrole nitrogens is 1. The van der Waals surface area contributed by atoms with E-state index in [1.54, 1.807) is 12.1 Å². The predicted molar refractivity (Wildman–Crippen MR) is 80.6 cm³/mol. The number of nitrogens with one attached hydrogen (secondary N) is 3. The van der Waals surface area contributed by atoms with Crippen LogP contribution in [-0.2, 0) is 4.79 Å². The molecular formula is C15H16N4O3. The molecule has 1 aliphatic heterocycles. The first-order chi connectivity index (χ1) is 10.5. The summed E-state index contributed by atoms with van der Waals surface area (Å²) in [5.41, 5.74) is 0.957. The SMILES string of the molecule is Cc1ccc2c(=O)c(C(=O)NC3CCC(=O)NC3)c[nH]c2n1. The molecule has 3 rings (SSSR count). The lowest BCUT2D eigenvalue weighted by atomic mass is 10.1. The van der Waals surface area contributed by atoms with Crippen molar-refractivity contribution in [3.8, 4) is 0 Å². The lowest BCUT2D eigenvalue weighted by Gasteiger charge is -2.23. The molecule has 0 radical (unpaired) electrons. The van der Waals surface area contributed by atoms with Crippen molar-refractivity contribution in [3.05, 3.63) is 39.8 Å². The van der Waals surface area contributed by atoms with Crippen molar-refractivity contribution >= 4 is 22.8 Å². The van der Waals surface area contributed by atoms with Crippen LogP contribution in [0.25, 0.3) is 11.0 Å². The molecule has 1 saturated heterocycles. The molecule has 2 aromatic heterocycles. The Labute approximate surface area is 126 Å². The van der Waals surface area contributed by atoms with Crippen LogP contribution in [0.3, 0.4) is 0 Å². The summed E-state index contributed by atoms with van der Waals surface area (Å²) in [6.07, 6.45) is 2.33. The van der Waals surface area contributed by atoms with Gasteiger partial charge in [-0.25, -0.2) is 4.98 Å². The lowest BCUT2D eigenvalue weighted by molar-refractivity contribution is -0.122. The molecule has 7 nitrogen and oxygen atoms in total. The molecule has 3 N–H and O–H groups in total. The number of amides is 2. The molecule has 2 amide bonds. The fourth-order valence-electron chi connectivity index (χ4n) is 2.49. The van der Waals surface area contributed by atoms with Crippen LogP contribution in [0.4, 0.5) is 0 Å². The summed E-state index contributed by atoms with van der Waals surface area (Å²) in [5.74, 6) is -0.458. The zero-order chi connectivity index (χ0) is 15.7. The van der Waals surface area contributed by atoms with Crippen molar-refractivity contribution in [2.75, 3.05) is 6.54 Å². The topological polar surface area (TPSA) is 104 Å². The van der Waals surface area contributed by atoms with Crippen LogP contribution in [0, 0.1) is 6.92 Å². The highest BCUT2D eigenvalue weighted by molar-refractivity contribution is 5.97. The monoisotopic (exact) mass is 300 g/mol. The minimum Gasteiger partial charge on any atom is -0.354 e. The molecule has 0 bridgehead atoms. The quantitative estimate of drug-likeness (QED) is 0.739. The summed E-state index contributed by atoms with van der Waals surface area (Å²) in [7, 11) is 0. The first-order valence-corrected chi connectivity index (χ1v) is 7.11. The fraction of sp³-hybridized carbons (Fsp3) is 0.333. The second-order valence-electron chi connectivity index (χ2n) is 5.39. The van der Waals surface area contributed by atoms with Gasteiger partial charge in [0.25, 0.3) is 5.91 Å². The minimum atomic E-state index is -0.440. The zero-order valence-electron chi connectivity index (χ0n) is 12.1. The van der Waals surface area contributed by atoms with Crippen molar-refractivity contribution in [2.24, 2.45) is 0 Å². The molecule has 1 atom stereocenters. The van der Waals surface area contributed by atoms with E-state index in [-0.39, 0.29) is 22.9 Å². The maximum atomic E-state index is 12.4. The summed E-state index contributed by atoms with van der Waals surface area (Å²) in [4.78, 5) is 42.9. The minimum absolute atomic E-state index is 0.0181. The van der Waals surface area contributed by atoms with E-state index in [1.807, 2.05) is 6.92 Å². The van der Waals surface area contributed by atoms with Gasteiger partial charge in [0, 0.05) is 30.9 Å². The number of piperidine rings is 1. The molecule has 0 spiro atoms. The summed E-state index contributed by atoms with van der Waals surface area (Å²) >= 11 is 0. The maximum absolute atomic E-state index is 12.4. The molecule has 0 aromatic carbocycles. The van der Waals surface area contributed by atoms with Gasteiger partial charge in [-0.1, -0.05) is 0 Å². The Bertz CT molecular complexity index is 802. The number of pyridine rings is 2. The normalized spacial score (nSPS) is 18.0. The van der Waals surface area contributed by atoms with Crippen LogP contribution in [0.2, 0.25) is 0 Å². The molecule has 1 unspecified atom stereocenters. The third-order valence-corrected chi connectivity index (χ3v) is 3.72. The third-order valence-electron chi connectivity index (χ3n) is 3.72. The van der Waals surface area contributed by atoms with Gasteiger partial charge in [-0.3, -0.25) is 14.4 Å². The standard InChI is InChI=1S/C15H16N4O3/c1-8-2-4-10-13(21)11(7-17-14(10)18-8)15(22)19-9-3-5-12(20)16-6-9/h2,4,7,9H,3,5-6H2,1H3,(H,16,20)(H,19,22)(H,17,18,21). The molecule has 1 aliphatic rings. The van der Waals surface area contributed by atoms with Crippen LogP contribution in [0.1, 0.15) is 28.9 Å². The number of carbonyl (C=O) groups excluding carboxylic acids is 2. The van der Waals surface area contributed by atoms with Gasteiger partial charge in [0.15, 0.2) is 0 Å². The van der Waals surface area contributed by atoms with E-state index < -0.39 is 5.91 Å². The molecule has 22 heavy (non-hydrogen) atoms. The highest BCUT2D eigenvalue weighted by Gasteiger charge is 2.21. The highest BCUT2D eigenvalue weighted by Crippen LogP contribution is 2.08. The number of nitrogens with zero attached hydrogens (tertiary/aromatic N) is 1. The van der Waals surface area contributed by atoms with Crippen LogP contribution < -0.4 is 16.1 Å². The Balaban J connectivity index is 1.85. The van der Waals surface area contributed by atoms with E-state index in [1.165, 1.54) is 6.20 Å². The number of hydrogen-bond donors (Lipinski definition) is 3. The molecule has 0 aliphatic carbocycles. The Hall–Kier alpha value is -2.70. The Morgan fingerprint density at radius 3 is 2.91 bits per heavy atom. The number of fused-ring (bicyclic) bond motifs is 1. The van der Waals surface area contributed by atoms with Gasteiger partial charge in [0.1, 0.15) is 11.2 Å². The van der Waals surface area contributed by atoms with Gasteiger partial charge in [-0.2, -0.15) is 0 Å². The van der Waals surface area contributed by atoms with Gasteiger partial charge >= 0.3 is 0 Å². The smallest absolute Gasteiger partial charge is 0.257 e. The average Bonchev–Trinajstić information content (AvgIpc) is 2.49. The Morgan fingerprint density at radius 2 is 2.18 bits per heavy atom. The van der Waals surface area contributed by atoms with E-state index in [9.17, 15) is 14.4 Å². The molecule has 1 fully saturated rings. The van der Waals surface area contributed by atoms with Crippen molar-refractivity contribution in [1.82, 2.24) is 20.6 Å². The maximum Gasteiger partial charge on any atom is 0.257 e. The van der Waals surface area contributed by atoms with Gasteiger partial charge in [-0.15, -0.1) is 0 Å². The number of carbonyl (C=O) groups is 2. The van der Waals surface area contributed by atoms with E-state index in [4.69, 9.17) is 0 Å². The van der Waals surface area contributed by atoms with Crippen molar-refractivity contribution in [1.29, 1.82) is 0 Å². The predicted octanol–water partition coefficient (Wildman–Crippen LogP) is 0.240. The van der Waals surface area contributed by atoms with Crippen LogP contribution >= 0.6 is 0 Å². The zero-order valence-corrected chi connectivity index (χ0v) is 12.1. The van der Waals surface area contributed by atoms with E-state index in [0.29, 0.717) is 30.4 Å². The van der Waals surface area contributed by atoms with Crippen molar-refractivity contribution in [3.63, 3.8) is 0 Å². The average molecular weight is 300 g/mol.